The van der Waals surface area contributed by atoms with Crippen LogP contribution in [0.3, 0.4) is 0 Å². The van der Waals surface area contributed by atoms with E-state index in [0.29, 0.717) is 5.56 Å². The summed E-state index contributed by atoms with van der Waals surface area (Å²) in [6.07, 6.45) is 7.36. The zero-order valence-corrected chi connectivity index (χ0v) is 17.1. The number of benzene rings is 2. The number of rotatable bonds is 5. The van der Waals surface area contributed by atoms with Crippen molar-refractivity contribution in [2.24, 2.45) is 0 Å². The summed E-state index contributed by atoms with van der Waals surface area (Å²) in [5, 5.41) is 4.64. The summed E-state index contributed by atoms with van der Waals surface area (Å²) >= 11 is 0. The first-order valence-electron chi connectivity index (χ1n) is 10.3. The van der Waals surface area contributed by atoms with E-state index in [1.54, 1.807) is 6.08 Å². The molecule has 29 heavy (non-hydrogen) atoms. The number of aromatic nitrogens is 2. The number of hydrogen-bond acceptors (Lipinski definition) is 3. The summed E-state index contributed by atoms with van der Waals surface area (Å²) in [5.41, 5.74) is 5.88. The number of hydrogen-bond donors (Lipinski definition) is 0. The number of piperidine rings is 1. The lowest BCUT2D eigenvalue weighted by Gasteiger charge is -2.28. The molecular formula is C25H27N3O. The maximum absolute atomic E-state index is 12.7. The lowest BCUT2D eigenvalue weighted by molar-refractivity contribution is 0.104. The third-order valence-corrected chi connectivity index (χ3v) is 5.62. The van der Waals surface area contributed by atoms with Crippen molar-refractivity contribution in [1.82, 2.24) is 9.78 Å². The SMILES string of the molecule is Cc1nn(-c2ccccc2)c(C)c1/C=C/C(=O)c1ccc(N2CCCCC2)cc1. The third kappa shape index (κ3) is 4.16. The summed E-state index contributed by atoms with van der Waals surface area (Å²) < 4.78 is 1.92. The lowest BCUT2D eigenvalue weighted by atomic mass is 10.1. The van der Waals surface area contributed by atoms with Gasteiger partial charge in [-0.25, -0.2) is 4.68 Å². The van der Waals surface area contributed by atoms with Gasteiger partial charge in [0, 0.05) is 35.6 Å². The van der Waals surface area contributed by atoms with E-state index in [0.717, 1.165) is 35.7 Å². The third-order valence-electron chi connectivity index (χ3n) is 5.62. The van der Waals surface area contributed by atoms with Crippen molar-refractivity contribution in [3.63, 3.8) is 0 Å². The number of carbonyl (C=O) groups excluding carboxylic acids is 1. The second-order valence-corrected chi connectivity index (χ2v) is 7.62. The highest BCUT2D eigenvalue weighted by Gasteiger charge is 2.13. The maximum atomic E-state index is 12.7. The van der Waals surface area contributed by atoms with Crippen molar-refractivity contribution in [2.75, 3.05) is 18.0 Å². The molecule has 0 amide bonds. The van der Waals surface area contributed by atoms with E-state index in [1.165, 1.54) is 24.9 Å². The van der Waals surface area contributed by atoms with E-state index < -0.39 is 0 Å². The molecule has 0 aliphatic carbocycles. The first kappa shape index (κ1) is 19.2. The Hall–Kier alpha value is -3.14. The van der Waals surface area contributed by atoms with Gasteiger partial charge in [-0.05, 0) is 81.7 Å². The number of allylic oxidation sites excluding steroid dienone is 1. The number of anilines is 1. The summed E-state index contributed by atoms with van der Waals surface area (Å²) in [5.74, 6) is 0.0152. The van der Waals surface area contributed by atoms with Crippen LogP contribution in [0.25, 0.3) is 11.8 Å². The van der Waals surface area contributed by atoms with E-state index in [1.807, 2.05) is 67.1 Å². The molecule has 1 aliphatic rings. The molecule has 0 radical (unpaired) electrons. The van der Waals surface area contributed by atoms with Crippen LogP contribution in [0.1, 0.15) is 46.6 Å². The molecule has 0 unspecified atom stereocenters. The minimum Gasteiger partial charge on any atom is -0.372 e. The fourth-order valence-corrected chi connectivity index (χ4v) is 3.96. The monoisotopic (exact) mass is 385 g/mol. The van der Waals surface area contributed by atoms with Gasteiger partial charge in [0.15, 0.2) is 5.78 Å². The number of carbonyl (C=O) groups is 1. The van der Waals surface area contributed by atoms with Gasteiger partial charge >= 0.3 is 0 Å². The zero-order valence-electron chi connectivity index (χ0n) is 17.1. The number of ketones is 1. The van der Waals surface area contributed by atoms with E-state index in [4.69, 9.17) is 0 Å². The second-order valence-electron chi connectivity index (χ2n) is 7.62. The molecule has 0 bridgehead atoms. The highest BCUT2D eigenvalue weighted by atomic mass is 16.1. The highest BCUT2D eigenvalue weighted by Crippen LogP contribution is 2.22. The van der Waals surface area contributed by atoms with Crippen molar-refractivity contribution >= 4 is 17.5 Å². The van der Waals surface area contributed by atoms with Gasteiger partial charge in [0.2, 0.25) is 0 Å². The fraction of sp³-hybridized carbons (Fsp3) is 0.280. The molecule has 0 spiro atoms. The molecule has 1 fully saturated rings. The van der Waals surface area contributed by atoms with E-state index in [2.05, 4.69) is 22.1 Å². The molecule has 4 rings (SSSR count). The van der Waals surface area contributed by atoms with Crippen LogP contribution >= 0.6 is 0 Å². The largest absolute Gasteiger partial charge is 0.372 e. The minimum absolute atomic E-state index is 0.0152. The van der Waals surface area contributed by atoms with Crippen LogP contribution in [-0.2, 0) is 0 Å². The Labute approximate surface area is 172 Å². The maximum Gasteiger partial charge on any atom is 0.185 e. The predicted octanol–water partition coefficient (Wildman–Crippen LogP) is 5.38. The molecule has 0 atom stereocenters. The van der Waals surface area contributed by atoms with Gasteiger partial charge in [-0.1, -0.05) is 18.2 Å². The molecule has 3 aromatic rings. The molecule has 148 valence electrons. The second kappa shape index (κ2) is 8.48. The number of para-hydroxylation sites is 1. The van der Waals surface area contributed by atoms with Gasteiger partial charge in [0.1, 0.15) is 0 Å². The number of aryl methyl sites for hydroxylation is 1. The van der Waals surface area contributed by atoms with Gasteiger partial charge in [-0.2, -0.15) is 5.10 Å². The van der Waals surface area contributed by atoms with Gasteiger partial charge in [0.25, 0.3) is 0 Å². The van der Waals surface area contributed by atoms with Gasteiger partial charge in [-0.15, -0.1) is 0 Å². The molecule has 4 heteroatoms. The van der Waals surface area contributed by atoms with Crippen LogP contribution in [0.2, 0.25) is 0 Å². The highest BCUT2D eigenvalue weighted by molar-refractivity contribution is 6.07. The predicted molar refractivity (Wildman–Crippen MR) is 119 cm³/mol. The molecule has 1 aromatic heterocycles. The standard InChI is InChI=1S/C25H27N3O/c1-19-24(20(2)28(26-19)23-9-5-3-6-10-23)15-16-25(29)21-11-13-22(14-12-21)27-17-7-4-8-18-27/h3,5-6,9-16H,4,7-8,17-18H2,1-2H3/b16-15+. The van der Waals surface area contributed by atoms with E-state index in [9.17, 15) is 4.79 Å². The normalized spacial score (nSPS) is 14.5. The first-order chi connectivity index (χ1) is 14.1. The number of nitrogens with zero attached hydrogens (tertiary/aromatic N) is 3. The van der Waals surface area contributed by atoms with Gasteiger partial charge in [-0.3, -0.25) is 4.79 Å². The molecule has 2 heterocycles. The molecule has 1 saturated heterocycles. The van der Waals surface area contributed by atoms with Crippen molar-refractivity contribution in [2.45, 2.75) is 33.1 Å². The Bertz CT molecular complexity index is 1010. The Morgan fingerprint density at radius 2 is 1.59 bits per heavy atom. The van der Waals surface area contributed by atoms with Crippen molar-refractivity contribution in [3.05, 3.63) is 83.2 Å². The first-order valence-corrected chi connectivity index (χ1v) is 10.3. The molecule has 2 aromatic carbocycles. The quantitative estimate of drug-likeness (QED) is 0.437. The average Bonchev–Trinajstić information content (AvgIpc) is 3.07. The summed E-state index contributed by atoms with van der Waals surface area (Å²) in [4.78, 5) is 15.1. The van der Waals surface area contributed by atoms with Crippen molar-refractivity contribution < 1.29 is 4.79 Å². The molecule has 4 nitrogen and oxygen atoms in total. The van der Waals surface area contributed by atoms with Crippen molar-refractivity contribution in [3.8, 4) is 5.69 Å². The van der Waals surface area contributed by atoms with Crippen LogP contribution in [0.4, 0.5) is 5.69 Å². The Morgan fingerprint density at radius 1 is 0.897 bits per heavy atom. The molecule has 0 N–H and O–H groups in total. The van der Waals surface area contributed by atoms with E-state index >= 15 is 0 Å². The van der Waals surface area contributed by atoms with Gasteiger partial charge < -0.3 is 4.90 Å². The van der Waals surface area contributed by atoms with Crippen molar-refractivity contribution in [1.29, 1.82) is 0 Å². The Morgan fingerprint density at radius 3 is 2.28 bits per heavy atom. The van der Waals surface area contributed by atoms with E-state index in [-0.39, 0.29) is 5.78 Å². The summed E-state index contributed by atoms with van der Waals surface area (Å²) in [6, 6.07) is 18.0. The molecular weight excluding hydrogens is 358 g/mol. The van der Waals surface area contributed by atoms with Crippen LogP contribution < -0.4 is 4.90 Å². The molecule has 1 aliphatic heterocycles. The van der Waals surface area contributed by atoms with Crippen LogP contribution in [0.15, 0.2) is 60.7 Å². The van der Waals surface area contributed by atoms with Crippen LogP contribution in [0.5, 0.6) is 0 Å². The molecule has 0 saturated carbocycles. The minimum atomic E-state index is 0.0152. The van der Waals surface area contributed by atoms with Gasteiger partial charge in [0.05, 0.1) is 11.4 Å². The lowest BCUT2D eigenvalue weighted by Crippen LogP contribution is -2.29. The zero-order chi connectivity index (χ0) is 20.2. The Kier molecular flexibility index (Phi) is 5.61. The topological polar surface area (TPSA) is 38.1 Å². The van der Waals surface area contributed by atoms with Crippen LogP contribution in [0, 0.1) is 13.8 Å². The summed E-state index contributed by atoms with van der Waals surface area (Å²) in [6.45, 7) is 6.23. The average molecular weight is 386 g/mol. The Balaban J connectivity index is 1.50. The summed E-state index contributed by atoms with van der Waals surface area (Å²) in [7, 11) is 0. The fourth-order valence-electron chi connectivity index (χ4n) is 3.96. The smallest absolute Gasteiger partial charge is 0.185 e. The van der Waals surface area contributed by atoms with Crippen LogP contribution in [-0.4, -0.2) is 28.7 Å².